The lowest BCUT2D eigenvalue weighted by Gasteiger charge is -2.30. The van der Waals surface area contributed by atoms with Crippen LogP contribution in [0.3, 0.4) is 0 Å². The van der Waals surface area contributed by atoms with Crippen LogP contribution in [0, 0.1) is 5.82 Å². The Morgan fingerprint density at radius 3 is 2.93 bits per heavy atom. The molecule has 2 aromatic rings. The van der Waals surface area contributed by atoms with Gasteiger partial charge in [0.05, 0.1) is 17.0 Å². The summed E-state index contributed by atoms with van der Waals surface area (Å²) in [5.41, 5.74) is 0.567. The predicted octanol–water partition coefficient (Wildman–Crippen LogP) is 2.64. The molecule has 0 spiro atoms. The molecule has 10 heteroatoms. The van der Waals surface area contributed by atoms with Crippen molar-refractivity contribution in [3.05, 3.63) is 41.8 Å². The van der Waals surface area contributed by atoms with Crippen LogP contribution in [-0.4, -0.2) is 53.4 Å². The number of hydrogen-bond donors (Lipinski definition) is 2. The van der Waals surface area contributed by atoms with Gasteiger partial charge in [0.25, 0.3) is 0 Å². The molecule has 27 heavy (non-hydrogen) atoms. The van der Waals surface area contributed by atoms with Gasteiger partial charge in [-0.3, -0.25) is 9.69 Å². The number of halogens is 2. The zero-order chi connectivity index (χ0) is 18.5. The Labute approximate surface area is 167 Å². The van der Waals surface area contributed by atoms with Crippen molar-refractivity contribution >= 4 is 35.8 Å². The van der Waals surface area contributed by atoms with Crippen molar-refractivity contribution in [1.29, 1.82) is 0 Å². The fourth-order valence-electron chi connectivity index (χ4n) is 2.64. The molecule has 1 aliphatic rings. The topological polar surface area (TPSA) is 83.3 Å². The number of nitrogens with one attached hydrogen (secondary N) is 2. The van der Waals surface area contributed by atoms with Gasteiger partial charge in [-0.05, 0) is 38.2 Å². The SMILES string of the molecule is CC(SCC(=O)Nc1ccc(F)cc1)c1nc(C2CNCCN2C)no1.Cl. The Hall–Kier alpha value is -1.68. The number of anilines is 1. The lowest BCUT2D eigenvalue weighted by atomic mass is 10.2. The Kier molecular flexibility index (Phi) is 8.03. The van der Waals surface area contributed by atoms with Gasteiger partial charge in [0.1, 0.15) is 5.82 Å². The molecular weight excluding hydrogens is 393 g/mol. The fraction of sp³-hybridized carbons (Fsp3) is 0.471. The average molecular weight is 416 g/mol. The molecule has 3 rings (SSSR count). The number of aromatic nitrogens is 2. The number of benzene rings is 1. The van der Waals surface area contributed by atoms with Gasteiger partial charge in [-0.2, -0.15) is 4.98 Å². The number of nitrogens with zero attached hydrogens (tertiary/aromatic N) is 3. The summed E-state index contributed by atoms with van der Waals surface area (Å²) in [4.78, 5) is 18.7. The quantitative estimate of drug-likeness (QED) is 0.750. The molecule has 2 unspecified atom stereocenters. The number of carbonyl (C=O) groups excluding carboxylic acids is 1. The van der Waals surface area contributed by atoms with Crippen molar-refractivity contribution in [2.45, 2.75) is 18.2 Å². The first-order valence-electron chi connectivity index (χ1n) is 8.44. The van der Waals surface area contributed by atoms with Gasteiger partial charge in [-0.1, -0.05) is 5.16 Å². The molecule has 148 valence electrons. The first kappa shape index (κ1) is 21.6. The summed E-state index contributed by atoms with van der Waals surface area (Å²) in [6, 6.07) is 5.77. The summed E-state index contributed by atoms with van der Waals surface area (Å²) in [5.74, 6) is 0.916. The van der Waals surface area contributed by atoms with Crippen LogP contribution >= 0.6 is 24.2 Å². The lowest BCUT2D eigenvalue weighted by Crippen LogP contribution is -2.44. The van der Waals surface area contributed by atoms with Crippen molar-refractivity contribution in [2.75, 3.05) is 37.8 Å². The van der Waals surface area contributed by atoms with Crippen molar-refractivity contribution in [3.63, 3.8) is 0 Å². The second kappa shape index (κ2) is 10.0. The second-order valence-corrected chi connectivity index (χ2v) is 7.53. The number of carbonyl (C=O) groups is 1. The molecule has 0 bridgehead atoms. The van der Waals surface area contributed by atoms with Crippen LogP contribution in [0.2, 0.25) is 0 Å². The maximum Gasteiger partial charge on any atom is 0.239 e. The predicted molar refractivity (Wildman–Crippen MR) is 106 cm³/mol. The molecule has 2 atom stereocenters. The summed E-state index contributed by atoms with van der Waals surface area (Å²) in [6.45, 7) is 4.60. The molecule has 1 amide bonds. The summed E-state index contributed by atoms with van der Waals surface area (Å²) in [7, 11) is 2.04. The number of likely N-dealkylation sites (N-methyl/N-ethyl adjacent to an activating group) is 1. The Morgan fingerprint density at radius 1 is 1.48 bits per heavy atom. The maximum absolute atomic E-state index is 12.9. The highest BCUT2D eigenvalue weighted by atomic mass is 35.5. The van der Waals surface area contributed by atoms with Crippen LogP contribution in [0.1, 0.15) is 29.9 Å². The fourth-order valence-corrected chi connectivity index (χ4v) is 3.36. The van der Waals surface area contributed by atoms with E-state index < -0.39 is 0 Å². The van der Waals surface area contributed by atoms with Crippen LogP contribution < -0.4 is 10.6 Å². The number of piperazine rings is 1. The van der Waals surface area contributed by atoms with Gasteiger partial charge >= 0.3 is 0 Å². The molecule has 7 nitrogen and oxygen atoms in total. The lowest BCUT2D eigenvalue weighted by molar-refractivity contribution is -0.113. The molecule has 0 saturated carbocycles. The minimum atomic E-state index is -0.336. The zero-order valence-corrected chi connectivity index (χ0v) is 16.8. The number of rotatable bonds is 6. The molecule has 1 aliphatic heterocycles. The Morgan fingerprint density at radius 2 is 2.22 bits per heavy atom. The third kappa shape index (κ3) is 5.90. The highest BCUT2D eigenvalue weighted by Gasteiger charge is 2.26. The average Bonchev–Trinajstić information content (AvgIpc) is 3.12. The summed E-state index contributed by atoms with van der Waals surface area (Å²) >= 11 is 1.41. The van der Waals surface area contributed by atoms with E-state index in [4.69, 9.17) is 4.52 Å². The molecule has 1 aromatic heterocycles. The molecular formula is C17H23ClFN5O2S. The van der Waals surface area contributed by atoms with Gasteiger partial charge in [0.2, 0.25) is 11.8 Å². The number of amides is 1. The van der Waals surface area contributed by atoms with Gasteiger partial charge in [0, 0.05) is 25.3 Å². The van der Waals surface area contributed by atoms with Crippen molar-refractivity contribution in [2.24, 2.45) is 0 Å². The van der Waals surface area contributed by atoms with Crippen LogP contribution in [-0.2, 0) is 4.79 Å². The van der Waals surface area contributed by atoms with Crippen molar-refractivity contribution in [3.8, 4) is 0 Å². The van der Waals surface area contributed by atoms with E-state index in [9.17, 15) is 9.18 Å². The molecule has 1 saturated heterocycles. The molecule has 2 heterocycles. The van der Waals surface area contributed by atoms with E-state index in [1.54, 1.807) is 0 Å². The maximum atomic E-state index is 12.9. The van der Waals surface area contributed by atoms with E-state index in [0.717, 1.165) is 19.6 Å². The zero-order valence-electron chi connectivity index (χ0n) is 15.1. The van der Waals surface area contributed by atoms with E-state index in [2.05, 4.69) is 25.7 Å². The van der Waals surface area contributed by atoms with Gasteiger partial charge in [0.15, 0.2) is 5.82 Å². The molecule has 0 radical (unpaired) electrons. The monoisotopic (exact) mass is 415 g/mol. The van der Waals surface area contributed by atoms with Gasteiger partial charge in [-0.25, -0.2) is 4.39 Å². The highest BCUT2D eigenvalue weighted by molar-refractivity contribution is 8.00. The third-order valence-electron chi connectivity index (χ3n) is 4.21. The third-order valence-corrected chi connectivity index (χ3v) is 5.34. The molecule has 1 aromatic carbocycles. The van der Waals surface area contributed by atoms with E-state index in [0.29, 0.717) is 17.4 Å². The summed E-state index contributed by atoms with van der Waals surface area (Å²) in [5, 5.41) is 10.1. The molecule has 2 N–H and O–H groups in total. The summed E-state index contributed by atoms with van der Waals surface area (Å²) < 4.78 is 18.3. The van der Waals surface area contributed by atoms with Crippen molar-refractivity contribution in [1.82, 2.24) is 20.4 Å². The van der Waals surface area contributed by atoms with E-state index in [1.807, 2.05) is 14.0 Å². The smallest absolute Gasteiger partial charge is 0.239 e. The number of thioether (sulfide) groups is 1. The van der Waals surface area contributed by atoms with Crippen LogP contribution in [0.25, 0.3) is 0 Å². The largest absolute Gasteiger partial charge is 0.338 e. The van der Waals surface area contributed by atoms with Crippen molar-refractivity contribution < 1.29 is 13.7 Å². The molecule has 0 aliphatic carbocycles. The normalized spacial score (nSPS) is 18.6. The second-order valence-electron chi connectivity index (χ2n) is 6.20. The molecule has 1 fully saturated rings. The van der Waals surface area contributed by atoms with Gasteiger partial charge in [-0.15, -0.1) is 24.2 Å². The van der Waals surface area contributed by atoms with Crippen LogP contribution in [0.15, 0.2) is 28.8 Å². The highest BCUT2D eigenvalue weighted by Crippen LogP contribution is 2.28. The van der Waals surface area contributed by atoms with Crippen LogP contribution in [0.4, 0.5) is 10.1 Å². The van der Waals surface area contributed by atoms with Crippen LogP contribution in [0.5, 0.6) is 0 Å². The Balaban J connectivity index is 0.00000261. The van der Waals surface area contributed by atoms with Gasteiger partial charge < -0.3 is 15.2 Å². The first-order valence-corrected chi connectivity index (χ1v) is 9.49. The Bertz CT molecular complexity index is 745. The summed E-state index contributed by atoms with van der Waals surface area (Å²) in [6.07, 6.45) is 0. The standard InChI is InChI=1S/C17H22FN5O2S.ClH/c1-11(26-10-15(24)20-13-5-3-12(18)4-6-13)17-21-16(22-25-17)14-9-19-7-8-23(14)2;/h3-6,11,14,19H,7-10H2,1-2H3,(H,20,24);1H. The van der Waals surface area contributed by atoms with E-state index >= 15 is 0 Å². The minimum absolute atomic E-state index is 0. The van der Waals surface area contributed by atoms with E-state index in [1.165, 1.54) is 36.0 Å². The minimum Gasteiger partial charge on any atom is -0.338 e. The van der Waals surface area contributed by atoms with E-state index in [-0.39, 0.29) is 41.2 Å². The first-order chi connectivity index (χ1) is 12.5. The number of hydrogen-bond acceptors (Lipinski definition) is 7.